The minimum Gasteiger partial charge on any atom is -0.322 e. The standard InChI is InChI=1S/C21H22N2/c22-20(18-12-6-2-7-13-18)21(19-14-8-3-9-15-19)23-16-17-10-4-1-5-11-17/h1-15,20-21,23H,16,22H2/t20?,21-/m0/s1. The van der Waals surface area contributed by atoms with Crippen LogP contribution in [0, 0.1) is 0 Å². The van der Waals surface area contributed by atoms with Crippen LogP contribution >= 0.6 is 0 Å². The molecule has 0 amide bonds. The third kappa shape index (κ3) is 4.07. The first-order chi connectivity index (χ1) is 11.3. The Morgan fingerprint density at radius 1 is 0.652 bits per heavy atom. The molecule has 2 heteroatoms. The summed E-state index contributed by atoms with van der Waals surface area (Å²) in [7, 11) is 0. The number of hydrogen-bond donors (Lipinski definition) is 2. The summed E-state index contributed by atoms with van der Waals surface area (Å²) < 4.78 is 0. The highest BCUT2D eigenvalue weighted by Crippen LogP contribution is 2.27. The zero-order valence-electron chi connectivity index (χ0n) is 13.1. The molecule has 0 saturated heterocycles. The number of benzene rings is 3. The third-order valence-corrected chi connectivity index (χ3v) is 4.07. The molecule has 23 heavy (non-hydrogen) atoms. The molecule has 2 atom stereocenters. The molecule has 0 aliphatic carbocycles. The van der Waals surface area contributed by atoms with Gasteiger partial charge in [0.15, 0.2) is 0 Å². The SMILES string of the molecule is NC(c1ccccc1)[C@@H](NCc1ccccc1)c1ccccc1. The lowest BCUT2D eigenvalue weighted by Crippen LogP contribution is -2.31. The van der Waals surface area contributed by atoms with Crippen molar-refractivity contribution < 1.29 is 0 Å². The van der Waals surface area contributed by atoms with Crippen molar-refractivity contribution in [1.82, 2.24) is 5.32 Å². The van der Waals surface area contributed by atoms with Gasteiger partial charge >= 0.3 is 0 Å². The fraction of sp³-hybridized carbons (Fsp3) is 0.143. The van der Waals surface area contributed by atoms with Gasteiger partial charge in [-0.3, -0.25) is 0 Å². The summed E-state index contributed by atoms with van der Waals surface area (Å²) in [6.45, 7) is 0.793. The monoisotopic (exact) mass is 302 g/mol. The molecule has 2 nitrogen and oxygen atoms in total. The zero-order chi connectivity index (χ0) is 15.9. The zero-order valence-corrected chi connectivity index (χ0v) is 13.1. The van der Waals surface area contributed by atoms with Crippen LogP contribution in [0.2, 0.25) is 0 Å². The predicted octanol–water partition coefficient (Wildman–Crippen LogP) is 4.22. The third-order valence-electron chi connectivity index (χ3n) is 4.07. The molecule has 0 bridgehead atoms. The van der Waals surface area contributed by atoms with Crippen LogP contribution in [0.15, 0.2) is 91.0 Å². The van der Waals surface area contributed by atoms with Crippen LogP contribution in [0.25, 0.3) is 0 Å². The van der Waals surface area contributed by atoms with Gasteiger partial charge in [-0.25, -0.2) is 0 Å². The molecule has 0 aliphatic rings. The van der Waals surface area contributed by atoms with Crippen LogP contribution in [0.1, 0.15) is 28.8 Å². The highest BCUT2D eigenvalue weighted by molar-refractivity contribution is 5.27. The van der Waals surface area contributed by atoms with Crippen molar-refractivity contribution in [2.45, 2.75) is 18.6 Å². The second kappa shape index (κ2) is 7.73. The lowest BCUT2D eigenvalue weighted by atomic mass is 9.94. The minimum absolute atomic E-state index is 0.0683. The van der Waals surface area contributed by atoms with E-state index in [4.69, 9.17) is 5.73 Å². The molecule has 3 aromatic carbocycles. The van der Waals surface area contributed by atoms with E-state index < -0.39 is 0 Å². The van der Waals surface area contributed by atoms with Gasteiger partial charge in [0.25, 0.3) is 0 Å². The highest BCUT2D eigenvalue weighted by Gasteiger charge is 2.20. The molecule has 0 fully saturated rings. The van der Waals surface area contributed by atoms with Crippen LogP contribution in [0.5, 0.6) is 0 Å². The number of rotatable bonds is 6. The Labute approximate surface area is 138 Å². The first-order valence-electron chi connectivity index (χ1n) is 7.97. The van der Waals surface area contributed by atoms with Gasteiger partial charge in [-0.05, 0) is 16.7 Å². The largest absolute Gasteiger partial charge is 0.322 e. The average molecular weight is 302 g/mol. The first-order valence-corrected chi connectivity index (χ1v) is 7.97. The summed E-state index contributed by atoms with van der Waals surface area (Å²) in [6.07, 6.45) is 0. The van der Waals surface area contributed by atoms with Crippen LogP contribution in [0.3, 0.4) is 0 Å². The summed E-state index contributed by atoms with van der Waals surface area (Å²) in [5, 5.41) is 3.63. The van der Waals surface area contributed by atoms with Gasteiger partial charge < -0.3 is 11.1 Å². The van der Waals surface area contributed by atoms with E-state index in [1.807, 2.05) is 30.3 Å². The van der Waals surface area contributed by atoms with Gasteiger partial charge in [0.05, 0.1) is 6.04 Å². The van der Waals surface area contributed by atoms with E-state index in [0.717, 1.165) is 12.1 Å². The van der Waals surface area contributed by atoms with Gasteiger partial charge in [0, 0.05) is 12.6 Å². The minimum atomic E-state index is -0.0951. The maximum atomic E-state index is 6.57. The van der Waals surface area contributed by atoms with Crippen molar-refractivity contribution in [3.63, 3.8) is 0 Å². The fourth-order valence-corrected chi connectivity index (χ4v) is 2.80. The van der Waals surface area contributed by atoms with Gasteiger partial charge in [0.2, 0.25) is 0 Å². The van der Waals surface area contributed by atoms with E-state index in [9.17, 15) is 0 Å². The Morgan fingerprint density at radius 3 is 1.70 bits per heavy atom. The lowest BCUT2D eigenvalue weighted by molar-refractivity contribution is 0.452. The van der Waals surface area contributed by atoms with Crippen molar-refractivity contribution in [2.75, 3.05) is 0 Å². The fourth-order valence-electron chi connectivity index (χ4n) is 2.80. The van der Waals surface area contributed by atoms with Crippen LogP contribution in [-0.2, 0) is 6.54 Å². The topological polar surface area (TPSA) is 38.0 Å². The van der Waals surface area contributed by atoms with E-state index in [-0.39, 0.29) is 12.1 Å². The quantitative estimate of drug-likeness (QED) is 0.715. The highest BCUT2D eigenvalue weighted by atomic mass is 15.0. The molecule has 1 unspecified atom stereocenters. The summed E-state index contributed by atoms with van der Waals surface area (Å²) in [4.78, 5) is 0. The summed E-state index contributed by atoms with van der Waals surface area (Å²) in [6, 6.07) is 31.1. The van der Waals surface area contributed by atoms with Crippen LogP contribution < -0.4 is 11.1 Å². The van der Waals surface area contributed by atoms with E-state index in [2.05, 4.69) is 66.0 Å². The molecule has 0 radical (unpaired) electrons. The summed E-state index contributed by atoms with van der Waals surface area (Å²) >= 11 is 0. The average Bonchev–Trinajstić information content (AvgIpc) is 2.64. The Morgan fingerprint density at radius 2 is 1.13 bits per heavy atom. The predicted molar refractivity (Wildman–Crippen MR) is 95.8 cm³/mol. The molecule has 3 rings (SSSR count). The molecular formula is C21H22N2. The smallest absolute Gasteiger partial charge is 0.0518 e. The summed E-state index contributed by atoms with van der Waals surface area (Å²) in [5.74, 6) is 0. The summed E-state index contributed by atoms with van der Waals surface area (Å²) in [5.41, 5.74) is 10.2. The number of nitrogens with two attached hydrogens (primary N) is 1. The van der Waals surface area contributed by atoms with Crippen LogP contribution in [0.4, 0.5) is 0 Å². The number of hydrogen-bond acceptors (Lipinski definition) is 2. The Balaban J connectivity index is 1.82. The molecule has 3 N–H and O–H groups in total. The van der Waals surface area contributed by atoms with Gasteiger partial charge in [0.1, 0.15) is 0 Å². The molecule has 0 saturated carbocycles. The maximum Gasteiger partial charge on any atom is 0.0518 e. The first kappa shape index (κ1) is 15.5. The molecule has 0 heterocycles. The Kier molecular flexibility index (Phi) is 5.20. The lowest BCUT2D eigenvalue weighted by Gasteiger charge is -2.26. The van der Waals surface area contributed by atoms with E-state index in [1.165, 1.54) is 11.1 Å². The second-order valence-electron chi connectivity index (χ2n) is 5.69. The molecule has 3 aromatic rings. The van der Waals surface area contributed by atoms with Crippen molar-refractivity contribution in [1.29, 1.82) is 0 Å². The Bertz CT molecular complexity index is 696. The Hall–Kier alpha value is -2.42. The van der Waals surface area contributed by atoms with Gasteiger partial charge in [-0.2, -0.15) is 0 Å². The normalized spacial score (nSPS) is 13.4. The van der Waals surface area contributed by atoms with Crippen molar-refractivity contribution >= 4 is 0 Å². The molecule has 0 aromatic heterocycles. The van der Waals surface area contributed by atoms with E-state index in [1.54, 1.807) is 0 Å². The van der Waals surface area contributed by atoms with Crippen molar-refractivity contribution in [3.05, 3.63) is 108 Å². The maximum absolute atomic E-state index is 6.57. The molecule has 116 valence electrons. The molecular weight excluding hydrogens is 280 g/mol. The van der Waals surface area contributed by atoms with Gasteiger partial charge in [-0.1, -0.05) is 91.0 Å². The number of nitrogens with one attached hydrogen (secondary N) is 1. The molecule has 0 aliphatic heterocycles. The van der Waals surface area contributed by atoms with E-state index >= 15 is 0 Å². The van der Waals surface area contributed by atoms with Crippen molar-refractivity contribution in [2.24, 2.45) is 5.73 Å². The van der Waals surface area contributed by atoms with Crippen molar-refractivity contribution in [3.8, 4) is 0 Å². The second-order valence-corrected chi connectivity index (χ2v) is 5.69. The van der Waals surface area contributed by atoms with Crippen LogP contribution in [-0.4, -0.2) is 0 Å². The van der Waals surface area contributed by atoms with E-state index in [0.29, 0.717) is 0 Å². The molecule has 0 spiro atoms. The van der Waals surface area contributed by atoms with Gasteiger partial charge in [-0.15, -0.1) is 0 Å².